The van der Waals surface area contributed by atoms with Crippen molar-refractivity contribution in [3.63, 3.8) is 0 Å². The molecular weight excluding hydrogens is 318 g/mol. The van der Waals surface area contributed by atoms with Crippen molar-refractivity contribution in [2.45, 2.75) is 52.2 Å². The molecule has 0 saturated carbocycles. The number of nitrogens with zero attached hydrogens (tertiary/aromatic N) is 3. The number of amides is 1. The van der Waals surface area contributed by atoms with Crippen LogP contribution in [0.2, 0.25) is 0 Å². The molecule has 0 unspecified atom stereocenters. The minimum atomic E-state index is -0.444. The smallest absolute Gasteiger partial charge is 0.410 e. The summed E-state index contributed by atoms with van der Waals surface area (Å²) in [5.74, 6) is 0.575. The molecule has 2 rings (SSSR count). The number of rotatable bonds is 5. The Labute approximate surface area is 149 Å². The van der Waals surface area contributed by atoms with Crippen molar-refractivity contribution in [1.29, 1.82) is 5.26 Å². The Hall–Kier alpha value is -2.13. The van der Waals surface area contributed by atoms with Gasteiger partial charge in [0.1, 0.15) is 17.4 Å². The van der Waals surface area contributed by atoms with E-state index in [1.807, 2.05) is 32.9 Å². The zero-order valence-electron chi connectivity index (χ0n) is 15.3. The van der Waals surface area contributed by atoms with Gasteiger partial charge in [-0.2, -0.15) is 5.26 Å². The molecule has 136 valence electrons. The Balaban J connectivity index is 1.64. The summed E-state index contributed by atoms with van der Waals surface area (Å²) in [6, 6.07) is 5.64. The van der Waals surface area contributed by atoms with Crippen LogP contribution in [0.25, 0.3) is 0 Å². The molecule has 0 radical (unpaired) electrons. The molecule has 1 aliphatic heterocycles. The Bertz CT molecular complexity index is 611. The number of nitriles is 1. The molecule has 0 spiro atoms. The quantitative estimate of drug-likeness (QED) is 0.763. The van der Waals surface area contributed by atoms with Crippen LogP contribution in [0.5, 0.6) is 0 Å². The molecule has 0 N–H and O–H groups in total. The molecule has 25 heavy (non-hydrogen) atoms. The van der Waals surface area contributed by atoms with E-state index in [1.54, 1.807) is 17.2 Å². The van der Waals surface area contributed by atoms with E-state index in [1.165, 1.54) is 0 Å². The third kappa shape index (κ3) is 6.71. The highest BCUT2D eigenvalue weighted by molar-refractivity contribution is 5.68. The van der Waals surface area contributed by atoms with Crippen LogP contribution in [0.1, 0.15) is 51.3 Å². The molecule has 1 fully saturated rings. The van der Waals surface area contributed by atoms with Crippen LogP contribution in [0.4, 0.5) is 4.79 Å². The van der Waals surface area contributed by atoms with Gasteiger partial charge < -0.3 is 14.4 Å². The lowest BCUT2D eigenvalue weighted by atomic mass is 9.94. The molecule has 1 saturated heterocycles. The monoisotopic (exact) mass is 345 g/mol. The van der Waals surface area contributed by atoms with Crippen LogP contribution in [0, 0.1) is 17.2 Å². The van der Waals surface area contributed by atoms with Crippen LogP contribution in [-0.4, -0.2) is 41.3 Å². The first-order valence-corrected chi connectivity index (χ1v) is 8.78. The number of hydrogen-bond acceptors (Lipinski definition) is 5. The summed E-state index contributed by atoms with van der Waals surface area (Å²) in [6.45, 7) is 8.33. The Morgan fingerprint density at radius 2 is 2.12 bits per heavy atom. The maximum absolute atomic E-state index is 12.0. The zero-order chi connectivity index (χ0) is 18.3. The fraction of sp³-hybridized carbons (Fsp3) is 0.632. The average molecular weight is 345 g/mol. The van der Waals surface area contributed by atoms with Gasteiger partial charge in [0, 0.05) is 25.9 Å². The molecule has 1 aromatic rings. The first kappa shape index (κ1) is 19.2. The van der Waals surface area contributed by atoms with Crippen LogP contribution < -0.4 is 0 Å². The van der Waals surface area contributed by atoms with Gasteiger partial charge >= 0.3 is 6.09 Å². The molecular formula is C19H27N3O3. The number of piperidine rings is 1. The van der Waals surface area contributed by atoms with Crippen molar-refractivity contribution in [1.82, 2.24) is 9.88 Å². The van der Waals surface area contributed by atoms with Crippen LogP contribution in [0.15, 0.2) is 18.3 Å². The minimum Gasteiger partial charge on any atom is -0.444 e. The molecule has 1 aliphatic rings. The molecule has 2 heterocycles. The second kappa shape index (κ2) is 8.82. The summed E-state index contributed by atoms with van der Waals surface area (Å²) in [4.78, 5) is 17.8. The SMILES string of the molecule is CC(C)(C)OC(=O)N1CCC(CCOCc2ccnc(C#N)c2)CC1. The average Bonchev–Trinajstić information content (AvgIpc) is 2.58. The van der Waals surface area contributed by atoms with Gasteiger partial charge in [0.25, 0.3) is 0 Å². The van der Waals surface area contributed by atoms with Crippen molar-refractivity contribution in [3.05, 3.63) is 29.6 Å². The van der Waals surface area contributed by atoms with E-state index in [0.717, 1.165) is 37.9 Å². The molecule has 1 aromatic heterocycles. The van der Waals surface area contributed by atoms with E-state index < -0.39 is 5.60 Å². The Morgan fingerprint density at radius 3 is 2.76 bits per heavy atom. The number of carbonyl (C=O) groups excluding carboxylic acids is 1. The van der Waals surface area contributed by atoms with E-state index in [2.05, 4.69) is 4.98 Å². The highest BCUT2D eigenvalue weighted by Crippen LogP contribution is 2.22. The van der Waals surface area contributed by atoms with Crippen LogP contribution >= 0.6 is 0 Å². The zero-order valence-corrected chi connectivity index (χ0v) is 15.3. The maximum Gasteiger partial charge on any atom is 0.410 e. The van der Waals surface area contributed by atoms with Gasteiger partial charge in [-0.05, 0) is 63.6 Å². The summed E-state index contributed by atoms with van der Waals surface area (Å²) in [5.41, 5.74) is 0.932. The van der Waals surface area contributed by atoms with Gasteiger partial charge in [0.15, 0.2) is 0 Å². The third-order valence-electron chi connectivity index (χ3n) is 4.14. The third-order valence-corrected chi connectivity index (χ3v) is 4.14. The second-order valence-electron chi connectivity index (χ2n) is 7.41. The van der Waals surface area contributed by atoms with Crippen LogP contribution in [-0.2, 0) is 16.1 Å². The molecule has 6 nitrogen and oxygen atoms in total. The largest absolute Gasteiger partial charge is 0.444 e. The van der Waals surface area contributed by atoms with E-state index in [4.69, 9.17) is 14.7 Å². The summed E-state index contributed by atoms with van der Waals surface area (Å²) in [5, 5.41) is 8.84. The summed E-state index contributed by atoms with van der Waals surface area (Å²) in [6.07, 6.45) is 4.36. The molecule has 0 atom stereocenters. The Kier molecular flexibility index (Phi) is 6.77. The lowest BCUT2D eigenvalue weighted by Crippen LogP contribution is -2.41. The van der Waals surface area contributed by atoms with E-state index in [-0.39, 0.29) is 6.09 Å². The van der Waals surface area contributed by atoms with Crippen molar-refractivity contribution in [2.75, 3.05) is 19.7 Å². The number of pyridine rings is 1. The number of hydrogen-bond donors (Lipinski definition) is 0. The summed E-state index contributed by atoms with van der Waals surface area (Å²) < 4.78 is 11.1. The lowest BCUT2D eigenvalue weighted by Gasteiger charge is -2.33. The summed E-state index contributed by atoms with van der Waals surface area (Å²) >= 11 is 0. The highest BCUT2D eigenvalue weighted by Gasteiger charge is 2.26. The predicted octanol–water partition coefficient (Wildman–Crippen LogP) is 3.51. The fourth-order valence-corrected chi connectivity index (χ4v) is 2.80. The Morgan fingerprint density at radius 1 is 1.40 bits per heavy atom. The first-order valence-electron chi connectivity index (χ1n) is 8.78. The first-order chi connectivity index (χ1) is 11.9. The normalized spacial score (nSPS) is 15.7. The lowest BCUT2D eigenvalue weighted by molar-refractivity contribution is 0.0164. The van der Waals surface area contributed by atoms with Crippen molar-refractivity contribution < 1.29 is 14.3 Å². The summed E-state index contributed by atoms with van der Waals surface area (Å²) in [7, 11) is 0. The standard InChI is InChI=1S/C19H27N3O3/c1-19(2,3)25-18(23)22-9-5-15(6-10-22)7-11-24-14-16-4-8-21-17(12-16)13-20/h4,8,12,15H,5-7,9-11,14H2,1-3H3. The molecule has 0 aliphatic carbocycles. The number of carbonyl (C=O) groups is 1. The minimum absolute atomic E-state index is 0.215. The number of ether oxygens (including phenoxy) is 2. The van der Waals surface area contributed by atoms with Crippen LogP contribution in [0.3, 0.4) is 0 Å². The number of likely N-dealkylation sites (tertiary alicyclic amines) is 1. The predicted molar refractivity (Wildman–Crippen MR) is 93.8 cm³/mol. The fourth-order valence-electron chi connectivity index (χ4n) is 2.80. The van der Waals surface area contributed by atoms with E-state index in [9.17, 15) is 4.79 Å². The topological polar surface area (TPSA) is 75.4 Å². The van der Waals surface area contributed by atoms with Gasteiger partial charge in [0.2, 0.25) is 0 Å². The molecule has 6 heteroatoms. The molecule has 0 aromatic carbocycles. The van der Waals surface area contributed by atoms with Gasteiger partial charge in [-0.3, -0.25) is 0 Å². The number of aromatic nitrogens is 1. The van der Waals surface area contributed by atoms with Gasteiger partial charge in [-0.15, -0.1) is 0 Å². The van der Waals surface area contributed by atoms with Crippen molar-refractivity contribution in [3.8, 4) is 6.07 Å². The van der Waals surface area contributed by atoms with Gasteiger partial charge in [0.05, 0.1) is 6.61 Å². The second-order valence-corrected chi connectivity index (χ2v) is 7.41. The molecule has 0 bridgehead atoms. The molecule has 1 amide bonds. The van der Waals surface area contributed by atoms with Gasteiger partial charge in [-0.25, -0.2) is 9.78 Å². The van der Waals surface area contributed by atoms with Crippen molar-refractivity contribution >= 4 is 6.09 Å². The van der Waals surface area contributed by atoms with Crippen molar-refractivity contribution in [2.24, 2.45) is 5.92 Å². The highest BCUT2D eigenvalue weighted by atomic mass is 16.6. The van der Waals surface area contributed by atoms with E-state index in [0.29, 0.717) is 24.8 Å². The van der Waals surface area contributed by atoms with E-state index >= 15 is 0 Å². The van der Waals surface area contributed by atoms with Gasteiger partial charge in [-0.1, -0.05) is 0 Å². The maximum atomic E-state index is 12.0.